The van der Waals surface area contributed by atoms with Gasteiger partial charge in [-0.2, -0.15) is 0 Å². The van der Waals surface area contributed by atoms with Crippen molar-refractivity contribution in [3.05, 3.63) is 42.5 Å². The minimum absolute atomic E-state index is 0.179. The van der Waals surface area contributed by atoms with Gasteiger partial charge in [-0.15, -0.1) is 0 Å². The van der Waals surface area contributed by atoms with Crippen LogP contribution in [0.4, 0.5) is 5.69 Å². The summed E-state index contributed by atoms with van der Waals surface area (Å²) in [5, 5.41) is 4.10. The van der Waals surface area contributed by atoms with Crippen LogP contribution < -0.4 is 5.43 Å². The van der Waals surface area contributed by atoms with Gasteiger partial charge in [-0.25, -0.2) is 0 Å². The molecular formula is C14H14N2O. The molecule has 1 amide bonds. The van der Waals surface area contributed by atoms with E-state index in [0.29, 0.717) is 6.42 Å². The zero-order valence-corrected chi connectivity index (χ0v) is 9.52. The Bertz CT molecular complexity index is 565. The SMILES string of the molecule is O=C1CCCN1Nc1ccc2ccccc2c1. The van der Waals surface area contributed by atoms with Crippen molar-refractivity contribution < 1.29 is 4.79 Å². The van der Waals surface area contributed by atoms with Crippen molar-refractivity contribution >= 4 is 22.4 Å². The number of nitrogens with zero attached hydrogens (tertiary/aromatic N) is 1. The van der Waals surface area contributed by atoms with E-state index in [0.717, 1.165) is 18.7 Å². The second-order valence-corrected chi connectivity index (χ2v) is 4.32. The first-order valence-corrected chi connectivity index (χ1v) is 5.89. The van der Waals surface area contributed by atoms with Crippen LogP contribution in [-0.2, 0) is 4.79 Å². The predicted molar refractivity (Wildman–Crippen MR) is 68.5 cm³/mol. The van der Waals surface area contributed by atoms with Gasteiger partial charge in [0.1, 0.15) is 0 Å². The van der Waals surface area contributed by atoms with Crippen molar-refractivity contribution in [2.75, 3.05) is 12.0 Å². The number of carbonyl (C=O) groups is 1. The Morgan fingerprint density at radius 2 is 1.88 bits per heavy atom. The van der Waals surface area contributed by atoms with Gasteiger partial charge in [0.15, 0.2) is 0 Å². The molecular weight excluding hydrogens is 212 g/mol. The van der Waals surface area contributed by atoms with E-state index in [-0.39, 0.29) is 5.91 Å². The van der Waals surface area contributed by atoms with Crippen molar-refractivity contribution in [1.82, 2.24) is 5.01 Å². The van der Waals surface area contributed by atoms with Crippen LogP contribution in [-0.4, -0.2) is 17.5 Å². The monoisotopic (exact) mass is 226 g/mol. The second-order valence-electron chi connectivity index (χ2n) is 4.32. The third-order valence-electron chi connectivity index (χ3n) is 3.09. The smallest absolute Gasteiger partial charge is 0.240 e. The fourth-order valence-corrected chi connectivity index (χ4v) is 2.18. The first-order chi connectivity index (χ1) is 8.33. The highest BCUT2D eigenvalue weighted by atomic mass is 16.2. The molecule has 2 aromatic carbocycles. The quantitative estimate of drug-likeness (QED) is 0.854. The molecule has 86 valence electrons. The Kier molecular flexibility index (Phi) is 2.44. The van der Waals surface area contributed by atoms with Gasteiger partial charge in [0.25, 0.3) is 0 Å². The average molecular weight is 226 g/mol. The van der Waals surface area contributed by atoms with Crippen molar-refractivity contribution in [2.24, 2.45) is 0 Å². The molecule has 0 radical (unpaired) electrons. The van der Waals surface area contributed by atoms with Gasteiger partial charge in [0.2, 0.25) is 5.91 Å². The summed E-state index contributed by atoms with van der Waals surface area (Å²) in [4.78, 5) is 11.5. The van der Waals surface area contributed by atoms with Crippen LogP contribution in [0.1, 0.15) is 12.8 Å². The van der Waals surface area contributed by atoms with Crippen LogP contribution in [0.5, 0.6) is 0 Å². The molecule has 3 heteroatoms. The third kappa shape index (κ3) is 1.96. The summed E-state index contributed by atoms with van der Waals surface area (Å²) in [6.45, 7) is 0.797. The number of anilines is 1. The molecule has 0 bridgehead atoms. The number of rotatable bonds is 2. The molecule has 0 aliphatic carbocycles. The molecule has 1 saturated heterocycles. The third-order valence-corrected chi connectivity index (χ3v) is 3.09. The van der Waals surface area contributed by atoms with E-state index >= 15 is 0 Å². The summed E-state index contributed by atoms with van der Waals surface area (Å²) in [6.07, 6.45) is 1.60. The number of hydrazine groups is 1. The molecule has 0 aromatic heterocycles. The number of nitrogens with one attached hydrogen (secondary N) is 1. The Morgan fingerprint density at radius 3 is 2.65 bits per heavy atom. The van der Waals surface area contributed by atoms with E-state index in [1.54, 1.807) is 5.01 Å². The van der Waals surface area contributed by atoms with Crippen molar-refractivity contribution in [3.63, 3.8) is 0 Å². The minimum atomic E-state index is 0.179. The van der Waals surface area contributed by atoms with Gasteiger partial charge in [0.05, 0.1) is 5.69 Å². The molecule has 1 N–H and O–H groups in total. The zero-order valence-electron chi connectivity index (χ0n) is 9.52. The zero-order chi connectivity index (χ0) is 11.7. The molecule has 1 aliphatic rings. The van der Waals surface area contributed by atoms with Crippen LogP contribution >= 0.6 is 0 Å². The van der Waals surface area contributed by atoms with E-state index in [2.05, 4.69) is 29.7 Å². The van der Waals surface area contributed by atoms with Gasteiger partial charge in [-0.1, -0.05) is 30.3 Å². The lowest BCUT2D eigenvalue weighted by atomic mass is 10.1. The lowest BCUT2D eigenvalue weighted by Gasteiger charge is -2.18. The average Bonchev–Trinajstić information content (AvgIpc) is 2.75. The number of amides is 1. The largest absolute Gasteiger partial charge is 0.296 e. The Morgan fingerprint density at radius 1 is 1.06 bits per heavy atom. The maximum atomic E-state index is 11.5. The molecule has 17 heavy (non-hydrogen) atoms. The number of hydrogen-bond acceptors (Lipinski definition) is 2. The number of hydrogen-bond donors (Lipinski definition) is 1. The molecule has 1 heterocycles. The summed E-state index contributed by atoms with van der Waals surface area (Å²) in [7, 11) is 0. The van der Waals surface area contributed by atoms with Crippen LogP contribution in [0.3, 0.4) is 0 Å². The molecule has 3 nitrogen and oxygen atoms in total. The normalized spacial score (nSPS) is 15.5. The van der Waals surface area contributed by atoms with Gasteiger partial charge < -0.3 is 0 Å². The molecule has 3 rings (SSSR count). The first-order valence-electron chi connectivity index (χ1n) is 5.89. The summed E-state index contributed by atoms with van der Waals surface area (Å²) >= 11 is 0. The molecule has 1 fully saturated rings. The maximum Gasteiger partial charge on any atom is 0.240 e. The van der Waals surface area contributed by atoms with Crippen molar-refractivity contribution in [2.45, 2.75) is 12.8 Å². The number of carbonyl (C=O) groups excluding carboxylic acids is 1. The lowest BCUT2D eigenvalue weighted by Crippen LogP contribution is -2.30. The molecule has 0 saturated carbocycles. The lowest BCUT2D eigenvalue weighted by molar-refractivity contribution is -0.126. The highest BCUT2D eigenvalue weighted by Crippen LogP contribution is 2.20. The van der Waals surface area contributed by atoms with E-state index in [4.69, 9.17) is 0 Å². The standard InChI is InChI=1S/C14H14N2O/c17-14-6-3-9-16(14)15-13-8-7-11-4-1-2-5-12(11)10-13/h1-2,4-5,7-8,10,15H,3,6,9H2. The summed E-state index contributed by atoms with van der Waals surface area (Å²) in [6, 6.07) is 14.4. The molecule has 0 atom stereocenters. The summed E-state index contributed by atoms with van der Waals surface area (Å²) in [5.41, 5.74) is 4.14. The van der Waals surface area contributed by atoms with Crippen molar-refractivity contribution in [1.29, 1.82) is 0 Å². The van der Waals surface area contributed by atoms with Crippen molar-refractivity contribution in [3.8, 4) is 0 Å². The fraction of sp³-hybridized carbons (Fsp3) is 0.214. The Hall–Kier alpha value is -2.03. The van der Waals surface area contributed by atoms with E-state index in [1.165, 1.54) is 10.8 Å². The van der Waals surface area contributed by atoms with Gasteiger partial charge >= 0.3 is 0 Å². The number of fused-ring (bicyclic) bond motifs is 1. The van der Waals surface area contributed by atoms with E-state index in [9.17, 15) is 4.79 Å². The summed E-state index contributed by atoms with van der Waals surface area (Å²) < 4.78 is 0. The second kappa shape index (κ2) is 4.09. The topological polar surface area (TPSA) is 32.3 Å². The van der Waals surface area contributed by atoms with Crippen LogP contribution in [0.2, 0.25) is 0 Å². The Labute approximate surface area is 100 Å². The molecule has 0 unspecified atom stereocenters. The van der Waals surface area contributed by atoms with Gasteiger partial charge in [-0.3, -0.25) is 15.2 Å². The maximum absolute atomic E-state index is 11.5. The van der Waals surface area contributed by atoms with Crippen LogP contribution in [0.25, 0.3) is 10.8 Å². The van der Waals surface area contributed by atoms with E-state index in [1.807, 2.05) is 18.2 Å². The summed E-state index contributed by atoms with van der Waals surface area (Å²) in [5.74, 6) is 0.179. The van der Waals surface area contributed by atoms with Crippen LogP contribution in [0, 0.1) is 0 Å². The highest BCUT2D eigenvalue weighted by molar-refractivity contribution is 5.86. The van der Waals surface area contributed by atoms with E-state index < -0.39 is 0 Å². The molecule has 1 aliphatic heterocycles. The predicted octanol–water partition coefficient (Wildman–Crippen LogP) is 2.79. The molecule has 0 spiro atoms. The van der Waals surface area contributed by atoms with Crippen LogP contribution in [0.15, 0.2) is 42.5 Å². The minimum Gasteiger partial charge on any atom is -0.296 e. The van der Waals surface area contributed by atoms with Gasteiger partial charge in [-0.05, 0) is 29.3 Å². The number of benzene rings is 2. The first kappa shape index (κ1) is 10.1. The fourth-order valence-electron chi connectivity index (χ4n) is 2.18. The Balaban J connectivity index is 1.88. The molecule has 2 aromatic rings. The highest BCUT2D eigenvalue weighted by Gasteiger charge is 2.19. The van der Waals surface area contributed by atoms with Gasteiger partial charge in [0, 0.05) is 13.0 Å².